The summed E-state index contributed by atoms with van der Waals surface area (Å²) in [5.74, 6) is -1.49. The van der Waals surface area contributed by atoms with E-state index in [0.29, 0.717) is 101 Å². The largest absolute Gasteiger partial charge is 0.508 e. The molecule has 0 aliphatic carbocycles. The van der Waals surface area contributed by atoms with Crippen LogP contribution in [0.15, 0.2) is 85.5 Å². The quantitative estimate of drug-likeness (QED) is 0.0918. The highest BCUT2D eigenvalue weighted by Gasteiger charge is 2.36. The number of alkyl halides is 3. The van der Waals surface area contributed by atoms with Crippen LogP contribution in [0, 0.1) is 24.2 Å². The third-order valence-electron chi connectivity index (χ3n) is 15.5. The molecule has 19 nitrogen and oxygen atoms in total. The van der Waals surface area contributed by atoms with Crippen molar-refractivity contribution >= 4 is 51.6 Å². The van der Waals surface area contributed by atoms with Gasteiger partial charge in [0.25, 0.3) is 5.91 Å². The highest BCUT2D eigenvalue weighted by Crippen LogP contribution is 2.39. The number of carbonyl (C=O) groups is 3. The minimum absolute atomic E-state index is 0.0146. The molecule has 0 radical (unpaired) electrons. The number of anilines is 2. The summed E-state index contributed by atoms with van der Waals surface area (Å²) in [4.78, 5) is 62.4. The maximum Gasteiger partial charge on any atom is 0.405 e. The number of nitrogens with one attached hydrogen (secondary N) is 1. The SMILES string of the molecule is C=CC(=O)N1CCN(c2nc(OCCN3CCC(C(=O)N4CCN(Cc5ccc(-n6c(C(=O)NCC(F)(F)F)nnc6-c6cc(C)c(O)cc6O)cc5)CC4)CC3)nc3c2CCN(c2cccc4cccc(Cl)c24)C3)CC1CC#N. The van der Waals surface area contributed by atoms with E-state index < -0.39 is 24.5 Å². The van der Waals surface area contributed by atoms with Crippen molar-refractivity contribution in [1.29, 1.82) is 5.26 Å². The molecule has 3 saturated heterocycles. The number of phenols is 2. The van der Waals surface area contributed by atoms with E-state index in [-0.39, 0.29) is 59.1 Å². The number of ether oxygens (including phenoxy) is 1. The molecule has 2 aromatic heterocycles. The van der Waals surface area contributed by atoms with Crippen LogP contribution in [-0.4, -0.2) is 170 Å². The van der Waals surface area contributed by atoms with E-state index in [0.717, 1.165) is 71.1 Å². The van der Waals surface area contributed by atoms with Crippen LogP contribution in [0.2, 0.25) is 5.02 Å². The molecule has 0 saturated carbocycles. The first-order valence-corrected chi connectivity index (χ1v) is 27.1. The highest BCUT2D eigenvalue weighted by molar-refractivity contribution is 6.36. The Bertz CT molecular complexity index is 3330. The van der Waals surface area contributed by atoms with E-state index in [4.69, 9.17) is 26.3 Å². The lowest BCUT2D eigenvalue weighted by atomic mass is 9.95. The van der Waals surface area contributed by atoms with Crippen molar-refractivity contribution in [2.75, 3.05) is 94.9 Å². The maximum absolute atomic E-state index is 13.9. The van der Waals surface area contributed by atoms with Crippen molar-refractivity contribution in [3.05, 3.63) is 119 Å². The molecular weight excluding hydrogens is 1060 g/mol. The fourth-order valence-corrected chi connectivity index (χ4v) is 11.5. The molecule has 1 atom stereocenters. The molecule has 4 aromatic carbocycles. The minimum Gasteiger partial charge on any atom is -0.508 e. The number of piperazine rings is 2. The Morgan fingerprint density at radius 1 is 0.900 bits per heavy atom. The fourth-order valence-electron chi connectivity index (χ4n) is 11.2. The number of hydrogen-bond donors (Lipinski definition) is 3. The fraction of sp³-hybridized carbons (Fsp3) is 0.404. The van der Waals surface area contributed by atoms with Gasteiger partial charge in [-0.2, -0.15) is 28.4 Å². The van der Waals surface area contributed by atoms with Gasteiger partial charge in [0.15, 0.2) is 5.82 Å². The lowest BCUT2D eigenvalue weighted by molar-refractivity contribution is -0.139. The van der Waals surface area contributed by atoms with Gasteiger partial charge in [-0.1, -0.05) is 54.6 Å². The second-order valence-corrected chi connectivity index (χ2v) is 21.0. The van der Waals surface area contributed by atoms with Crippen molar-refractivity contribution in [3.63, 3.8) is 0 Å². The number of nitriles is 1. The van der Waals surface area contributed by atoms with Gasteiger partial charge in [0.05, 0.1) is 41.4 Å². The summed E-state index contributed by atoms with van der Waals surface area (Å²) in [7, 11) is 0. The molecule has 0 spiro atoms. The van der Waals surface area contributed by atoms with Crippen molar-refractivity contribution in [3.8, 4) is 40.7 Å². The number of aromatic hydroxyl groups is 2. The summed E-state index contributed by atoms with van der Waals surface area (Å²) in [5, 5.41) is 43.1. The zero-order valence-corrected chi connectivity index (χ0v) is 45.0. The van der Waals surface area contributed by atoms with Gasteiger partial charge in [-0.3, -0.25) is 28.8 Å². The number of piperidine rings is 1. The van der Waals surface area contributed by atoms with Gasteiger partial charge in [-0.25, -0.2) is 0 Å². The van der Waals surface area contributed by atoms with E-state index in [1.54, 1.807) is 24.0 Å². The van der Waals surface area contributed by atoms with Crippen LogP contribution in [-0.2, 0) is 29.1 Å². The van der Waals surface area contributed by atoms with E-state index in [2.05, 4.69) is 60.6 Å². The number of likely N-dealkylation sites (tertiary alicyclic amines) is 1. The second kappa shape index (κ2) is 23.8. The summed E-state index contributed by atoms with van der Waals surface area (Å²) in [6.45, 7) is 11.7. The molecular formula is C57H61ClF3N13O6. The van der Waals surface area contributed by atoms with Crippen molar-refractivity contribution in [1.82, 2.24) is 49.6 Å². The maximum atomic E-state index is 13.9. The molecule has 1 unspecified atom stereocenters. The molecule has 4 aliphatic rings. The molecule has 6 heterocycles. The average molecular weight is 1120 g/mol. The van der Waals surface area contributed by atoms with Crippen molar-refractivity contribution < 1.29 is 42.5 Å². The third-order valence-corrected chi connectivity index (χ3v) is 15.8. The topological polar surface area (TPSA) is 213 Å². The van der Waals surface area contributed by atoms with E-state index in [1.807, 2.05) is 40.5 Å². The number of benzene rings is 4. The zero-order valence-electron chi connectivity index (χ0n) is 44.2. The predicted molar refractivity (Wildman–Crippen MR) is 294 cm³/mol. The first-order chi connectivity index (χ1) is 38.5. The molecule has 6 aromatic rings. The summed E-state index contributed by atoms with van der Waals surface area (Å²) in [6, 6.07) is 23.9. The number of phenolic OH excluding ortho intramolecular Hbond substituents is 2. The normalized spacial score (nSPS) is 17.5. The number of rotatable bonds is 15. The summed E-state index contributed by atoms with van der Waals surface area (Å²) < 4.78 is 46.8. The Morgan fingerprint density at radius 3 is 2.38 bits per heavy atom. The van der Waals surface area contributed by atoms with E-state index in [9.17, 15) is 43.0 Å². The van der Waals surface area contributed by atoms with Crippen molar-refractivity contribution in [2.24, 2.45) is 5.92 Å². The zero-order chi connectivity index (χ0) is 56.2. The Balaban J connectivity index is 0.740. The molecule has 10 rings (SSSR count). The smallest absolute Gasteiger partial charge is 0.405 e. The van der Waals surface area contributed by atoms with Crippen LogP contribution < -0.4 is 19.9 Å². The first kappa shape index (κ1) is 55.3. The van der Waals surface area contributed by atoms with Gasteiger partial charge in [-0.15, -0.1) is 10.2 Å². The summed E-state index contributed by atoms with van der Waals surface area (Å²) in [5.41, 5.74) is 4.66. The molecule has 3 amide bonds. The number of amides is 3. The van der Waals surface area contributed by atoms with Gasteiger partial charge in [0.1, 0.15) is 30.5 Å². The summed E-state index contributed by atoms with van der Waals surface area (Å²) in [6.07, 6.45) is -1.10. The molecule has 418 valence electrons. The van der Waals surface area contributed by atoms with Crippen LogP contribution in [0.25, 0.3) is 27.8 Å². The number of nitrogens with zero attached hydrogens (tertiary/aromatic N) is 12. The van der Waals surface area contributed by atoms with Gasteiger partial charge in [0.2, 0.25) is 17.6 Å². The van der Waals surface area contributed by atoms with E-state index >= 15 is 0 Å². The monoisotopic (exact) mass is 1120 g/mol. The Kier molecular flexibility index (Phi) is 16.4. The van der Waals surface area contributed by atoms with E-state index in [1.165, 1.54) is 16.7 Å². The van der Waals surface area contributed by atoms with Crippen LogP contribution in [0.1, 0.15) is 52.3 Å². The highest BCUT2D eigenvalue weighted by atomic mass is 35.5. The van der Waals surface area contributed by atoms with Crippen LogP contribution in [0.5, 0.6) is 17.5 Å². The number of hydrogen-bond acceptors (Lipinski definition) is 15. The third kappa shape index (κ3) is 12.1. The first-order valence-electron chi connectivity index (χ1n) is 26.7. The standard InChI is InChI=1S/C57H61ClF3N13O6/c1-3-49(77)73-27-26-72(33-41(73)14-18-62)51-42-17-21-71(46-9-5-7-38-6-4-8-44(58)50(38)46)34-45(42)64-56(65-51)80-29-28-68-19-15-39(16-20-68)55(79)70-24-22-69(23-25-70)32-37-10-12-40(13-11-37)74-52(43-30-36(2)47(75)31-48(43)76)66-67-53(74)54(78)63-35-57(59,60)61/h3-13,30-31,39,41,75-76H,1,14-17,19-29,32-35H2,2H3,(H,63,78). The average Bonchev–Trinajstić information content (AvgIpc) is 4.07. The van der Waals surface area contributed by atoms with Gasteiger partial charge >= 0.3 is 12.2 Å². The lowest BCUT2D eigenvalue weighted by Crippen LogP contribution is -2.55. The Labute approximate surface area is 465 Å². The Hall–Kier alpha value is -8.00. The molecule has 4 aliphatic heterocycles. The predicted octanol–water partition coefficient (Wildman–Crippen LogP) is 6.66. The van der Waals surface area contributed by atoms with Gasteiger partial charge in [-0.05, 0) is 92.2 Å². The second-order valence-electron chi connectivity index (χ2n) is 20.6. The van der Waals surface area contributed by atoms with Crippen LogP contribution in [0.3, 0.4) is 0 Å². The molecule has 3 fully saturated rings. The Morgan fingerprint density at radius 2 is 1.65 bits per heavy atom. The van der Waals surface area contributed by atoms with Gasteiger partial charge < -0.3 is 39.9 Å². The lowest BCUT2D eigenvalue weighted by Gasteiger charge is -2.42. The number of fused-ring (bicyclic) bond motifs is 2. The number of carbonyl (C=O) groups excluding carboxylic acids is 3. The van der Waals surface area contributed by atoms with Crippen LogP contribution in [0.4, 0.5) is 24.7 Å². The molecule has 0 bridgehead atoms. The van der Waals surface area contributed by atoms with Crippen LogP contribution >= 0.6 is 11.6 Å². The number of aryl methyl sites for hydroxylation is 1. The summed E-state index contributed by atoms with van der Waals surface area (Å²) >= 11 is 6.79. The molecule has 80 heavy (non-hydrogen) atoms. The molecule has 23 heteroatoms. The number of halogens is 4. The van der Waals surface area contributed by atoms with Gasteiger partial charge in [0, 0.05) is 99.8 Å². The minimum atomic E-state index is -4.66. The molecule has 3 N–H and O–H groups in total. The number of aromatic nitrogens is 5. The van der Waals surface area contributed by atoms with Crippen molar-refractivity contribution in [2.45, 2.75) is 57.9 Å².